The molecule has 0 bridgehead atoms. The summed E-state index contributed by atoms with van der Waals surface area (Å²) in [4.78, 5) is 22.3. The van der Waals surface area contributed by atoms with Crippen LogP contribution < -0.4 is 0 Å². The second-order valence-corrected chi connectivity index (χ2v) is 4.12. The number of hydrogen-bond donors (Lipinski definition) is 0. The summed E-state index contributed by atoms with van der Waals surface area (Å²) >= 11 is 11.6. The van der Waals surface area contributed by atoms with Gasteiger partial charge in [-0.3, -0.25) is 9.59 Å². The third-order valence-electron chi connectivity index (χ3n) is 1.89. The van der Waals surface area contributed by atoms with E-state index in [0.29, 0.717) is 15.6 Å². The second kappa shape index (κ2) is 5.87. The number of carbonyl (C=O) groups is 2. The minimum atomic E-state index is -0.543. The van der Waals surface area contributed by atoms with Crippen LogP contribution in [-0.2, 0) is 20.7 Å². The predicted molar refractivity (Wildman–Crippen MR) is 61.8 cm³/mol. The van der Waals surface area contributed by atoms with Crippen LogP contribution in [0.4, 0.5) is 0 Å². The Hall–Kier alpha value is -1.06. The largest absolute Gasteiger partial charge is 0.469 e. The van der Waals surface area contributed by atoms with E-state index in [1.54, 1.807) is 18.2 Å². The summed E-state index contributed by atoms with van der Waals surface area (Å²) in [5, 5.41) is 0.932. The molecule has 0 aromatic heterocycles. The predicted octanol–water partition coefficient (Wildman–Crippen LogP) is 2.67. The van der Waals surface area contributed by atoms with Crippen molar-refractivity contribution in [3.05, 3.63) is 33.8 Å². The number of ketones is 1. The lowest BCUT2D eigenvalue weighted by molar-refractivity contribution is -0.143. The smallest absolute Gasteiger partial charge is 0.313 e. The molecule has 0 atom stereocenters. The van der Waals surface area contributed by atoms with Gasteiger partial charge in [-0.15, -0.1) is 0 Å². The fourth-order valence-corrected chi connectivity index (χ4v) is 1.81. The van der Waals surface area contributed by atoms with E-state index >= 15 is 0 Å². The average Bonchev–Trinajstić information content (AvgIpc) is 2.15. The van der Waals surface area contributed by atoms with Gasteiger partial charge in [0, 0.05) is 16.5 Å². The summed E-state index contributed by atoms with van der Waals surface area (Å²) in [5.41, 5.74) is 0.686. The summed E-state index contributed by atoms with van der Waals surface area (Å²) in [6.07, 6.45) is -0.115. The number of esters is 1. The molecule has 0 heterocycles. The van der Waals surface area contributed by atoms with E-state index < -0.39 is 5.97 Å². The maximum atomic E-state index is 11.4. The molecule has 0 unspecified atom stereocenters. The summed E-state index contributed by atoms with van der Waals surface area (Å²) in [7, 11) is 1.24. The van der Waals surface area contributed by atoms with Crippen molar-refractivity contribution in [3.63, 3.8) is 0 Å². The number of rotatable bonds is 4. The van der Waals surface area contributed by atoms with Crippen molar-refractivity contribution in [2.75, 3.05) is 7.11 Å². The molecule has 1 rings (SSSR count). The third-order valence-corrected chi connectivity index (χ3v) is 2.33. The van der Waals surface area contributed by atoms with Crippen LogP contribution >= 0.6 is 23.2 Å². The van der Waals surface area contributed by atoms with Crippen molar-refractivity contribution < 1.29 is 14.3 Å². The van der Waals surface area contributed by atoms with Gasteiger partial charge in [0.2, 0.25) is 0 Å². The summed E-state index contributed by atoms with van der Waals surface area (Å²) in [6.45, 7) is 0. The fourth-order valence-electron chi connectivity index (χ4n) is 1.24. The molecule has 0 aliphatic heterocycles. The molecule has 3 nitrogen and oxygen atoms in total. The van der Waals surface area contributed by atoms with Crippen LogP contribution in [0.25, 0.3) is 0 Å². The highest BCUT2D eigenvalue weighted by atomic mass is 35.5. The Kier molecular flexibility index (Phi) is 4.77. The number of carbonyl (C=O) groups excluding carboxylic acids is 2. The van der Waals surface area contributed by atoms with E-state index in [0.717, 1.165) is 0 Å². The highest BCUT2D eigenvalue weighted by Crippen LogP contribution is 2.19. The maximum Gasteiger partial charge on any atom is 0.313 e. The van der Waals surface area contributed by atoms with Gasteiger partial charge in [0.15, 0.2) is 0 Å². The Bertz CT molecular complexity index is 395. The van der Waals surface area contributed by atoms with E-state index in [1.165, 1.54) is 7.11 Å². The molecule has 0 radical (unpaired) electrons. The Morgan fingerprint density at radius 1 is 1.19 bits per heavy atom. The third kappa shape index (κ3) is 4.21. The molecule has 0 saturated carbocycles. The standard InChI is InChI=1S/C11H10Cl2O3/c1-16-11(15)6-10(14)4-7-2-8(12)5-9(13)3-7/h2-3,5H,4,6H2,1H3. The Balaban J connectivity index is 2.66. The lowest BCUT2D eigenvalue weighted by Gasteiger charge is -2.02. The molecular weight excluding hydrogens is 251 g/mol. The summed E-state index contributed by atoms with van der Waals surface area (Å²) in [5.74, 6) is -0.775. The van der Waals surface area contributed by atoms with Gasteiger partial charge in [-0.25, -0.2) is 0 Å². The molecule has 0 saturated heterocycles. The lowest BCUT2D eigenvalue weighted by atomic mass is 10.1. The van der Waals surface area contributed by atoms with Crippen LogP contribution in [0, 0.1) is 0 Å². The number of ether oxygens (including phenoxy) is 1. The van der Waals surface area contributed by atoms with Crippen LogP contribution in [0.1, 0.15) is 12.0 Å². The van der Waals surface area contributed by atoms with Gasteiger partial charge in [-0.1, -0.05) is 23.2 Å². The monoisotopic (exact) mass is 260 g/mol. The normalized spacial score (nSPS) is 9.94. The van der Waals surface area contributed by atoms with Gasteiger partial charge in [-0.05, 0) is 23.8 Å². The maximum absolute atomic E-state index is 11.4. The van der Waals surface area contributed by atoms with Crippen LogP contribution in [0.3, 0.4) is 0 Å². The number of hydrogen-bond acceptors (Lipinski definition) is 3. The highest BCUT2D eigenvalue weighted by Gasteiger charge is 2.10. The molecule has 1 aromatic carbocycles. The number of halogens is 2. The van der Waals surface area contributed by atoms with Crippen molar-refractivity contribution >= 4 is 35.0 Å². The van der Waals surface area contributed by atoms with E-state index in [2.05, 4.69) is 4.74 Å². The lowest BCUT2D eigenvalue weighted by Crippen LogP contribution is -2.11. The molecule has 5 heteroatoms. The van der Waals surface area contributed by atoms with E-state index in [1.807, 2.05) is 0 Å². The molecule has 0 amide bonds. The van der Waals surface area contributed by atoms with Gasteiger partial charge >= 0.3 is 5.97 Å². The zero-order valence-electron chi connectivity index (χ0n) is 8.63. The van der Waals surface area contributed by atoms with Crippen molar-refractivity contribution in [3.8, 4) is 0 Å². The molecule has 0 N–H and O–H groups in total. The molecule has 0 fully saturated rings. The van der Waals surface area contributed by atoms with Crippen molar-refractivity contribution in [1.29, 1.82) is 0 Å². The number of methoxy groups -OCH3 is 1. The first kappa shape index (κ1) is 13.0. The zero-order valence-corrected chi connectivity index (χ0v) is 10.1. The molecule has 1 aromatic rings. The van der Waals surface area contributed by atoms with Gasteiger partial charge in [-0.2, -0.15) is 0 Å². The van der Waals surface area contributed by atoms with Crippen LogP contribution in [0.5, 0.6) is 0 Å². The summed E-state index contributed by atoms with van der Waals surface area (Å²) in [6, 6.07) is 4.86. The van der Waals surface area contributed by atoms with Crippen LogP contribution in [0.2, 0.25) is 10.0 Å². The van der Waals surface area contributed by atoms with E-state index in [4.69, 9.17) is 23.2 Å². The highest BCUT2D eigenvalue weighted by molar-refractivity contribution is 6.34. The molecule has 0 aliphatic carbocycles. The first-order valence-electron chi connectivity index (χ1n) is 4.54. The average molecular weight is 261 g/mol. The Labute approximate surface area is 103 Å². The second-order valence-electron chi connectivity index (χ2n) is 3.25. The van der Waals surface area contributed by atoms with Crippen LogP contribution in [0.15, 0.2) is 18.2 Å². The zero-order chi connectivity index (χ0) is 12.1. The van der Waals surface area contributed by atoms with Gasteiger partial charge in [0.05, 0.1) is 7.11 Å². The fraction of sp³-hybridized carbons (Fsp3) is 0.273. The van der Waals surface area contributed by atoms with Gasteiger partial charge in [0.1, 0.15) is 12.2 Å². The summed E-state index contributed by atoms with van der Waals surface area (Å²) < 4.78 is 4.39. The van der Waals surface area contributed by atoms with Crippen molar-refractivity contribution in [1.82, 2.24) is 0 Å². The molecular formula is C11H10Cl2O3. The molecule has 0 spiro atoms. The van der Waals surface area contributed by atoms with Crippen molar-refractivity contribution in [2.24, 2.45) is 0 Å². The minimum absolute atomic E-state index is 0.120. The van der Waals surface area contributed by atoms with Gasteiger partial charge in [0.25, 0.3) is 0 Å². The van der Waals surface area contributed by atoms with Crippen molar-refractivity contribution in [2.45, 2.75) is 12.8 Å². The Morgan fingerprint density at radius 3 is 2.25 bits per heavy atom. The van der Waals surface area contributed by atoms with E-state index in [9.17, 15) is 9.59 Å². The van der Waals surface area contributed by atoms with Gasteiger partial charge < -0.3 is 4.74 Å². The number of benzene rings is 1. The quantitative estimate of drug-likeness (QED) is 0.618. The minimum Gasteiger partial charge on any atom is -0.469 e. The Morgan fingerprint density at radius 2 is 1.75 bits per heavy atom. The number of Topliss-reactive ketones (excluding diaryl/α,β-unsaturated/α-hetero) is 1. The molecule has 0 aliphatic rings. The SMILES string of the molecule is COC(=O)CC(=O)Cc1cc(Cl)cc(Cl)c1. The topological polar surface area (TPSA) is 43.4 Å². The first-order valence-corrected chi connectivity index (χ1v) is 5.30. The first-order chi connectivity index (χ1) is 7.51. The molecule has 16 heavy (non-hydrogen) atoms. The van der Waals surface area contributed by atoms with E-state index in [-0.39, 0.29) is 18.6 Å². The van der Waals surface area contributed by atoms with Crippen LogP contribution in [-0.4, -0.2) is 18.9 Å². The molecule has 86 valence electrons.